The molecule has 0 amide bonds. The predicted octanol–water partition coefficient (Wildman–Crippen LogP) is 4.22. The zero-order valence-corrected chi connectivity index (χ0v) is 10.7. The van der Waals surface area contributed by atoms with Crippen LogP contribution in [0.1, 0.15) is 16.7 Å². The highest BCUT2D eigenvalue weighted by atomic mass is 19.4. The number of anilines is 1. The molecule has 0 bridgehead atoms. The molecule has 0 radical (unpaired) electrons. The molecule has 0 saturated heterocycles. The molecule has 3 rings (SSSR count). The quantitative estimate of drug-likeness (QED) is 0.783. The molecule has 2 nitrogen and oxygen atoms in total. The number of para-hydroxylation sites is 1. The molecular weight excluding hydrogens is 284 g/mol. The molecule has 21 heavy (non-hydrogen) atoms. The van der Waals surface area contributed by atoms with Gasteiger partial charge in [0.25, 0.3) is 0 Å². The molecular formula is C15H10F4N2. The fraction of sp³-hybridized carbons (Fsp3) is 0.133. The molecule has 108 valence electrons. The summed E-state index contributed by atoms with van der Waals surface area (Å²) in [6.45, 7) is 0.285. The molecule has 2 aromatic rings. The minimum absolute atomic E-state index is 0.0982. The third kappa shape index (κ3) is 2.61. The second kappa shape index (κ2) is 4.87. The Labute approximate surface area is 118 Å². The molecule has 2 aromatic carbocycles. The van der Waals surface area contributed by atoms with E-state index in [4.69, 9.17) is 0 Å². The summed E-state index contributed by atoms with van der Waals surface area (Å²) in [5.41, 5.74) is 0.420. The van der Waals surface area contributed by atoms with Gasteiger partial charge in [0.05, 0.1) is 12.1 Å². The van der Waals surface area contributed by atoms with Gasteiger partial charge in [0, 0.05) is 11.3 Å². The third-order valence-electron chi connectivity index (χ3n) is 3.22. The number of hydrogen-bond donors (Lipinski definition) is 1. The Hall–Kier alpha value is -2.37. The van der Waals surface area contributed by atoms with Gasteiger partial charge in [-0.2, -0.15) is 13.2 Å². The van der Waals surface area contributed by atoms with E-state index in [-0.39, 0.29) is 17.9 Å². The molecule has 1 aliphatic heterocycles. The Morgan fingerprint density at radius 1 is 1.05 bits per heavy atom. The molecule has 6 heteroatoms. The highest BCUT2D eigenvalue weighted by Gasteiger charge is 2.35. The molecule has 0 aromatic heterocycles. The van der Waals surface area contributed by atoms with Crippen LogP contribution in [-0.2, 0) is 12.7 Å². The summed E-state index contributed by atoms with van der Waals surface area (Å²) in [7, 11) is 0. The van der Waals surface area contributed by atoms with Gasteiger partial charge in [0.15, 0.2) is 0 Å². The van der Waals surface area contributed by atoms with E-state index in [9.17, 15) is 17.6 Å². The summed E-state index contributed by atoms with van der Waals surface area (Å²) in [6.07, 6.45) is -4.64. The van der Waals surface area contributed by atoms with Crippen LogP contribution in [0.3, 0.4) is 0 Å². The van der Waals surface area contributed by atoms with Crippen LogP contribution in [0.25, 0.3) is 0 Å². The lowest BCUT2D eigenvalue weighted by Crippen LogP contribution is -2.23. The lowest BCUT2D eigenvalue weighted by molar-refractivity contribution is -0.137. The van der Waals surface area contributed by atoms with Crippen LogP contribution >= 0.6 is 0 Å². The number of amidine groups is 1. The fourth-order valence-corrected chi connectivity index (χ4v) is 2.22. The number of aliphatic imine (C=N–C) groups is 1. The van der Waals surface area contributed by atoms with E-state index in [2.05, 4.69) is 10.3 Å². The van der Waals surface area contributed by atoms with Crippen LogP contribution in [0.15, 0.2) is 47.5 Å². The molecule has 0 saturated carbocycles. The van der Waals surface area contributed by atoms with Crippen LogP contribution in [-0.4, -0.2) is 5.84 Å². The zero-order valence-electron chi connectivity index (χ0n) is 10.7. The van der Waals surface area contributed by atoms with E-state index in [1.165, 1.54) is 0 Å². The topological polar surface area (TPSA) is 24.4 Å². The van der Waals surface area contributed by atoms with E-state index in [0.717, 1.165) is 17.7 Å². The number of nitrogens with one attached hydrogen (secondary N) is 1. The van der Waals surface area contributed by atoms with Crippen LogP contribution in [0.4, 0.5) is 23.2 Å². The minimum atomic E-state index is -4.64. The Bertz CT molecular complexity index is 720. The van der Waals surface area contributed by atoms with Crippen LogP contribution < -0.4 is 5.32 Å². The predicted molar refractivity (Wildman–Crippen MR) is 71.7 cm³/mol. The standard InChI is InChI=1S/C15H10F4N2/c16-10-5-6-11(12(7-10)15(17,18)19)14-20-8-9-3-1-2-4-13(9)21-14/h1-7H,8H2,(H,20,21). The lowest BCUT2D eigenvalue weighted by Gasteiger charge is -2.21. The maximum absolute atomic E-state index is 13.1. The minimum Gasteiger partial charge on any atom is -0.340 e. The van der Waals surface area contributed by atoms with Crippen molar-refractivity contribution in [1.29, 1.82) is 0 Å². The summed E-state index contributed by atoms with van der Waals surface area (Å²) < 4.78 is 52.2. The second-order valence-corrected chi connectivity index (χ2v) is 4.63. The Balaban J connectivity index is 2.05. The molecule has 1 N–H and O–H groups in total. The molecule has 0 unspecified atom stereocenters. The average Bonchev–Trinajstić information content (AvgIpc) is 2.46. The van der Waals surface area contributed by atoms with Crippen molar-refractivity contribution in [3.63, 3.8) is 0 Å². The van der Waals surface area contributed by atoms with Crippen molar-refractivity contribution in [2.24, 2.45) is 4.99 Å². The van der Waals surface area contributed by atoms with Gasteiger partial charge >= 0.3 is 6.18 Å². The van der Waals surface area contributed by atoms with Crippen molar-refractivity contribution in [1.82, 2.24) is 0 Å². The maximum atomic E-state index is 13.1. The monoisotopic (exact) mass is 294 g/mol. The van der Waals surface area contributed by atoms with Gasteiger partial charge < -0.3 is 5.32 Å². The number of nitrogens with zero attached hydrogens (tertiary/aromatic N) is 1. The molecule has 0 aliphatic carbocycles. The Morgan fingerprint density at radius 3 is 2.57 bits per heavy atom. The zero-order chi connectivity index (χ0) is 15.0. The van der Waals surface area contributed by atoms with Gasteiger partial charge in [-0.3, -0.25) is 4.99 Å². The Morgan fingerprint density at radius 2 is 1.81 bits per heavy atom. The van der Waals surface area contributed by atoms with Crippen molar-refractivity contribution in [3.8, 4) is 0 Å². The van der Waals surface area contributed by atoms with E-state index in [0.29, 0.717) is 11.8 Å². The first-order valence-electron chi connectivity index (χ1n) is 6.21. The first-order valence-corrected chi connectivity index (χ1v) is 6.21. The smallest absolute Gasteiger partial charge is 0.340 e. The molecule has 0 atom stereocenters. The van der Waals surface area contributed by atoms with E-state index >= 15 is 0 Å². The van der Waals surface area contributed by atoms with E-state index < -0.39 is 17.6 Å². The normalized spacial score (nSPS) is 14.2. The summed E-state index contributed by atoms with van der Waals surface area (Å²) in [4.78, 5) is 4.13. The van der Waals surface area contributed by atoms with E-state index in [1.807, 2.05) is 12.1 Å². The van der Waals surface area contributed by atoms with Crippen LogP contribution in [0, 0.1) is 5.82 Å². The molecule has 1 aliphatic rings. The van der Waals surface area contributed by atoms with Gasteiger partial charge in [0.2, 0.25) is 0 Å². The van der Waals surface area contributed by atoms with Gasteiger partial charge in [-0.1, -0.05) is 18.2 Å². The largest absolute Gasteiger partial charge is 0.417 e. The number of rotatable bonds is 1. The maximum Gasteiger partial charge on any atom is 0.417 e. The summed E-state index contributed by atoms with van der Waals surface area (Å²) in [6, 6.07) is 9.80. The van der Waals surface area contributed by atoms with Gasteiger partial charge in [-0.05, 0) is 29.8 Å². The van der Waals surface area contributed by atoms with Crippen molar-refractivity contribution < 1.29 is 17.6 Å². The van der Waals surface area contributed by atoms with Crippen LogP contribution in [0.2, 0.25) is 0 Å². The van der Waals surface area contributed by atoms with Gasteiger partial charge in [-0.25, -0.2) is 4.39 Å². The van der Waals surface area contributed by atoms with Crippen molar-refractivity contribution >= 4 is 11.5 Å². The van der Waals surface area contributed by atoms with Crippen molar-refractivity contribution in [2.45, 2.75) is 12.7 Å². The average molecular weight is 294 g/mol. The van der Waals surface area contributed by atoms with Crippen LogP contribution in [0.5, 0.6) is 0 Å². The van der Waals surface area contributed by atoms with Crippen molar-refractivity contribution in [3.05, 3.63) is 65.0 Å². The van der Waals surface area contributed by atoms with Gasteiger partial charge in [-0.15, -0.1) is 0 Å². The fourth-order valence-electron chi connectivity index (χ4n) is 2.22. The first-order chi connectivity index (χ1) is 9.95. The molecule has 0 spiro atoms. The number of benzene rings is 2. The highest BCUT2D eigenvalue weighted by Crippen LogP contribution is 2.34. The summed E-state index contributed by atoms with van der Waals surface area (Å²) in [5.74, 6) is -0.830. The van der Waals surface area contributed by atoms with Gasteiger partial charge in [0.1, 0.15) is 11.7 Å². The van der Waals surface area contributed by atoms with E-state index in [1.54, 1.807) is 12.1 Å². The lowest BCUT2D eigenvalue weighted by atomic mass is 10.0. The highest BCUT2D eigenvalue weighted by molar-refractivity contribution is 6.10. The SMILES string of the molecule is Fc1ccc(C2=NCc3ccccc3N2)c(C(F)(F)F)c1. The number of alkyl halides is 3. The number of hydrogen-bond acceptors (Lipinski definition) is 2. The Kier molecular flexibility index (Phi) is 3.16. The first kappa shape index (κ1) is 13.6. The number of halogens is 4. The molecule has 0 fully saturated rings. The number of fused-ring (bicyclic) bond motifs is 1. The summed E-state index contributed by atoms with van der Waals surface area (Å²) in [5, 5.41) is 2.87. The molecule has 1 heterocycles. The van der Waals surface area contributed by atoms with Crippen molar-refractivity contribution in [2.75, 3.05) is 5.32 Å². The summed E-state index contributed by atoms with van der Waals surface area (Å²) >= 11 is 0. The third-order valence-corrected chi connectivity index (χ3v) is 3.22. The second-order valence-electron chi connectivity index (χ2n) is 4.63.